The maximum absolute atomic E-state index is 12.8. The molecule has 0 saturated carbocycles. The number of anilines is 1. The van der Waals surface area contributed by atoms with Gasteiger partial charge in [-0.05, 0) is 38.3 Å². The molecule has 22 heavy (non-hydrogen) atoms. The van der Waals surface area contributed by atoms with Gasteiger partial charge in [0.1, 0.15) is 0 Å². The van der Waals surface area contributed by atoms with Crippen molar-refractivity contribution in [2.45, 2.75) is 47.5 Å². The summed E-state index contributed by atoms with van der Waals surface area (Å²) in [5.74, 6) is -1.53. The maximum atomic E-state index is 12.8. The van der Waals surface area contributed by atoms with Crippen LogP contribution in [0.4, 0.5) is 5.69 Å². The van der Waals surface area contributed by atoms with Crippen LogP contribution in [-0.4, -0.2) is 23.5 Å². The fraction of sp³-hybridized carbons (Fsp3) is 0.556. The molecule has 0 aliphatic heterocycles. The molecule has 4 nitrogen and oxygen atoms in total. The molecule has 0 aliphatic rings. The fourth-order valence-corrected chi connectivity index (χ4v) is 2.63. The average Bonchev–Trinajstić information content (AvgIpc) is 2.46. The first-order valence-electron chi connectivity index (χ1n) is 7.93. The van der Waals surface area contributed by atoms with Crippen LogP contribution in [0.1, 0.15) is 44.7 Å². The van der Waals surface area contributed by atoms with Gasteiger partial charge in [-0.2, -0.15) is 0 Å². The number of carbonyl (C=O) groups excluding carboxylic acids is 1. The number of aliphatic carboxylic acids is 1. The van der Waals surface area contributed by atoms with E-state index in [4.69, 9.17) is 0 Å². The van der Waals surface area contributed by atoms with Crippen LogP contribution in [-0.2, 0) is 9.59 Å². The van der Waals surface area contributed by atoms with E-state index in [1.165, 1.54) is 0 Å². The summed E-state index contributed by atoms with van der Waals surface area (Å²) in [6.45, 7) is 9.79. The molecule has 122 valence electrons. The molecule has 1 atom stereocenters. The summed E-state index contributed by atoms with van der Waals surface area (Å²) < 4.78 is 0. The first-order valence-corrected chi connectivity index (χ1v) is 7.93. The highest BCUT2D eigenvalue weighted by molar-refractivity contribution is 5.96. The minimum atomic E-state index is -0.882. The van der Waals surface area contributed by atoms with E-state index in [0.29, 0.717) is 0 Å². The van der Waals surface area contributed by atoms with E-state index < -0.39 is 11.9 Å². The van der Waals surface area contributed by atoms with Crippen LogP contribution in [0.25, 0.3) is 0 Å². The largest absolute Gasteiger partial charge is 0.481 e. The van der Waals surface area contributed by atoms with Crippen molar-refractivity contribution in [1.29, 1.82) is 0 Å². The van der Waals surface area contributed by atoms with Gasteiger partial charge >= 0.3 is 5.97 Å². The quantitative estimate of drug-likeness (QED) is 0.833. The number of carboxylic acids is 1. The molecule has 1 rings (SSSR count). The molecule has 1 N–H and O–H groups in total. The zero-order valence-electron chi connectivity index (χ0n) is 14.2. The second-order valence-electron chi connectivity index (χ2n) is 5.99. The second-order valence-corrected chi connectivity index (χ2v) is 5.99. The Balaban J connectivity index is 3.20. The monoisotopic (exact) mass is 305 g/mol. The molecule has 1 unspecified atom stereocenters. The summed E-state index contributed by atoms with van der Waals surface area (Å²) in [6.07, 6.45) is 1.52. The number of aryl methyl sites for hydroxylation is 2. The highest BCUT2D eigenvalue weighted by Crippen LogP contribution is 2.25. The van der Waals surface area contributed by atoms with Crippen molar-refractivity contribution in [2.75, 3.05) is 11.4 Å². The van der Waals surface area contributed by atoms with Crippen LogP contribution in [0.15, 0.2) is 18.2 Å². The van der Waals surface area contributed by atoms with E-state index in [0.717, 1.165) is 29.7 Å². The number of carbonyl (C=O) groups is 2. The Morgan fingerprint density at radius 2 is 1.77 bits per heavy atom. The van der Waals surface area contributed by atoms with Crippen molar-refractivity contribution in [3.63, 3.8) is 0 Å². The molecule has 1 aromatic carbocycles. The molecule has 0 aromatic heterocycles. The SMILES string of the molecule is CCC(CC)C(=O)N(CC(C)C(=O)O)c1ccc(C)cc1C. The summed E-state index contributed by atoms with van der Waals surface area (Å²) in [6, 6.07) is 5.90. The normalized spacial score (nSPS) is 12.3. The van der Waals surface area contributed by atoms with Crippen molar-refractivity contribution in [3.05, 3.63) is 29.3 Å². The number of carboxylic acid groups (broad SMARTS) is 1. The van der Waals surface area contributed by atoms with Gasteiger partial charge in [-0.3, -0.25) is 9.59 Å². The van der Waals surface area contributed by atoms with Gasteiger partial charge in [0.15, 0.2) is 0 Å². The topological polar surface area (TPSA) is 57.6 Å². The lowest BCUT2D eigenvalue weighted by Crippen LogP contribution is -2.41. The van der Waals surface area contributed by atoms with Crippen molar-refractivity contribution >= 4 is 17.6 Å². The Morgan fingerprint density at radius 3 is 2.23 bits per heavy atom. The van der Waals surface area contributed by atoms with Crippen LogP contribution in [0.2, 0.25) is 0 Å². The van der Waals surface area contributed by atoms with Crippen molar-refractivity contribution in [3.8, 4) is 0 Å². The Bertz CT molecular complexity index is 535. The predicted molar refractivity (Wildman–Crippen MR) is 89.1 cm³/mol. The summed E-state index contributed by atoms with van der Waals surface area (Å²) in [5.41, 5.74) is 2.94. The van der Waals surface area contributed by atoms with Gasteiger partial charge in [0.05, 0.1) is 5.92 Å². The first kappa shape index (κ1) is 18.2. The van der Waals surface area contributed by atoms with Gasteiger partial charge in [-0.1, -0.05) is 38.5 Å². The molecule has 0 saturated heterocycles. The van der Waals surface area contributed by atoms with Crippen LogP contribution in [0, 0.1) is 25.7 Å². The fourth-order valence-electron chi connectivity index (χ4n) is 2.63. The molecular weight excluding hydrogens is 278 g/mol. The zero-order chi connectivity index (χ0) is 16.9. The van der Waals surface area contributed by atoms with E-state index >= 15 is 0 Å². The van der Waals surface area contributed by atoms with Gasteiger partial charge in [0.2, 0.25) is 5.91 Å². The number of amides is 1. The van der Waals surface area contributed by atoms with Gasteiger partial charge in [0, 0.05) is 18.2 Å². The smallest absolute Gasteiger partial charge is 0.308 e. The summed E-state index contributed by atoms with van der Waals surface area (Å²) in [4.78, 5) is 25.7. The third-order valence-electron chi connectivity index (χ3n) is 4.12. The van der Waals surface area contributed by atoms with E-state index in [1.807, 2.05) is 45.9 Å². The highest BCUT2D eigenvalue weighted by Gasteiger charge is 2.27. The lowest BCUT2D eigenvalue weighted by molar-refractivity contribution is -0.140. The number of nitrogens with zero attached hydrogens (tertiary/aromatic N) is 1. The Hall–Kier alpha value is -1.84. The Kier molecular flexibility index (Phi) is 6.60. The summed E-state index contributed by atoms with van der Waals surface area (Å²) in [7, 11) is 0. The van der Waals surface area contributed by atoms with E-state index in [9.17, 15) is 14.7 Å². The van der Waals surface area contributed by atoms with Gasteiger partial charge in [0.25, 0.3) is 0 Å². The number of hydrogen-bond donors (Lipinski definition) is 1. The minimum absolute atomic E-state index is 0.0186. The molecule has 1 aromatic rings. The molecule has 0 spiro atoms. The molecule has 0 radical (unpaired) electrons. The van der Waals surface area contributed by atoms with Crippen LogP contribution in [0.5, 0.6) is 0 Å². The Labute approximate surface area is 133 Å². The first-order chi connectivity index (χ1) is 10.3. The molecule has 0 fully saturated rings. The standard InChI is InChI=1S/C18H27NO3/c1-6-15(7-2)17(20)19(11-14(5)18(21)22)16-9-8-12(3)10-13(16)4/h8-10,14-15H,6-7,11H2,1-5H3,(H,21,22). The van der Waals surface area contributed by atoms with Crippen molar-refractivity contribution < 1.29 is 14.7 Å². The number of hydrogen-bond acceptors (Lipinski definition) is 2. The van der Waals surface area contributed by atoms with Gasteiger partial charge < -0.3 is 10.0 Å². The summed E-state index contributed by atoms with van der Waals surface area (Å²) >= 11 is 0. The van der Waals surface area contributed by atoms with Crippen LogP contribution in [0.3, 0.4) is 0 Å². The average molecular weight is 305 g/mol. The molecule has 0 heterocycles. The second kappa shape index (κ2) is 7.97. The Morgan fingerprint density at radius 1 is 1.18 bits per heavy atom. The van der Waals surface area contributed by atoms with Crippen molar-refractivity contribution in [1.82, 2.24) is 0 Å². The van der Waals surface area contributed by atoms with Crippen LogP contribution < -0.4 is 4.90 Å². The summed E-state index contributed by atoms with van der Waals surface area (Å²) in [5, 5.41) is 9.19. The molecule has 0 aliphatic carbocycles. The van der Waals surface area contributed by atoms with E-state index in [1.54, 1.807) is 11.8 Å². The number of rotatable bonds is 7. The third kappa shape index (κ3) is 4.33. The van der Waals surface area contributed by atoms with Crippen LogP contribution >= 0.6 is 0 Å². The zero-order valence-corrected chi connectivity index (χ0v) is 14.2. The molecule has 1 amide bonds. The third-order valence-corrected chi connectivity index (χ3v) is 4.12. The molecule has 0 bridgehead atoms. The van der Waals surface area contributed by atoms with E-state index in [2.05, 4.69) is 0 Å². The minimum Gasteiger partial charge on any atom is -0.481 e. The van der Waals surface area contributed by atoms with Gasteiger partial charge in [-0.15, -0.1) is 0 Å². The number of benzene rings is 1. The van der Waals surface area contributed by atoms with Crippen molar-refractivity contribution in [2.24, 2.45) is 11.8 Å². The lowest BCUT2D eigenvalue weighted by atomic mass is 9.99. The lowest BCUT2D eigenvalue weighted by Gasteiger charge is -2.29. The highest BCUT2D eigenvalue weighted by atomic mass is 16.4. The van der Waals surface area contributed by atoms with Gasteiger partial charge in [-0.25, -0.2) is 0 Å². The maximum Gasteiger partial charge on any atom is 0.308 e. The molecular formula is C18H27NO3. The molecule has 4 heteroatoms. The van der Waals surface area contributed by atoms with E-state index in [-0.39, 0.29) is 18.4 Å². The predicted octanol–water partition coefficient (Wildman–Crippen LogP) is 3.79.